The van der Waals surface area contributed by atoms with Crippen molar-refractivity contribution < 1.29 is 13.2 Å². The maximum atomic E-state index is 15.2. The molecule has 0 N–H and O–H groups in total. The molecule has 0 atom stereocenters. The van der Waals surface area contributed by atoms with Gasteiger partial charge in [-0.2, -0.15) is 5.26 Å². The quantitative estimate of drug-likeness (QED) is 0.238. The Morgan fingerprint density at radius 2 is 1.46 bits per heavy atom. The van der Waals surface area contributed by atoms with E-state index in [1.807, 2.05) is 18.2 Å². The van der Waals surface area contributed by atoms with Crippen LogP contribution >= 0.6 is 0 Å². The van der Waals surface area contributed by atoms with E-state index in [-0.39, 0.29) is 5.82 Å². The van der Waals surface area contributed by atoms with Crippen molar-refractivity contribution in [2.75, 3.05) is 0 Å². The molecule has 0 aromatic heterocycles. The van der Waals surface area contributed by atoms with Crippen LogP contribution in [0, 0.1) is 40.6 Å². The third kappa shape index (κ3) is 7.16. The Morgan fingerprint density at radius 3 is 2.14 bits per heavy atom. The molecular formula is C33H38F3N. The Labute approximate surface area is 219 Å². The first kappa shape index (κ1) is 27.2. The molecule has 3 aromatic rings. The van der Waals surface area contributed by atoms with Gasteiger partial charge in [0.2, 0.25) is 0 Å². The van der Waals surface area contributed by atoms with Crippen molar-refractivity contribution in [2.45, 2.75) is 90.4 Å². The van der Waals surface area contributed by atoms with Crippen LogP contribution in [0.2, 0.25) is 0 Å². The average Bonchev–Trinajstić information content (AvgIpc) is 2.90. The summed E-state index contributed by atoms with van der Waals surface area (Å²) >= 11 is 0. The highest BCUT2D eigenvalue weighted by molar-refractivity contribution is 5.84. The van der Waals surface area contributed by atoms with E-state index in [0.717, 1.165) is 35.8 Å². The highest BCUT2D eigenvalue weighted by Gasteiger charge is 2.21. The summed E-state index contributed by atoms with van der Waals surface area (Å²) in [6.07, 6.45) is 15.2. The van der Waals surface area contributed by atoms with E-state index in [1.54, 1.807) is 6.07 Å². The minimum Gasteiger partial charge on any atom is -0.206 e. The lowest BCUT2D eigenvalue weighted by Crippen LogP contribution is -2.15. The molecule has 37 heavy (non-hydrogen) atoms. The molecule has 0 bridgehead atoms. The van der Waals surface area contributed by atoms with E-state index in [0.29, 0.717) is 29.4 Å². The molecule has 196 valence electrons. The Kier molecular flexibility index (Phi) is 9.67. The molecule has 1 nitrogen and oxygen atoms in total. The van der Waals surface area contributed by atoms with E-state index >= 15 is 4.39 Å². The highest BCUT2D eigenvalue weighted by atomic mass is 19.1. The Balaban J connectivity index is 1.30. The molecule has 4 rings (SSSR count). The topological polar surface area (TPSA) is 23.8 Å². The van der Waals surface area contributed by atoms with Crippen LogP contribution in [0.5, 0.6) is 0 Å². The van der Waals surface area contributed by atoms with Gasteiger partial charge in [-0.05, 0) is 71.7 Å². The number of aryl methyl sites for hydroxylation is 3. The molecule has 1 aliphatic carbocycles. The molecule has 0 radical (unpaired) electrons. The molecule has 1 aliphatic rings. The average molecular weight is 506 g/mol. The van der Waals surface area contributed by atoms with Gasteiger partial charge >= 0.3 is 0 Å². The number of hydrogen-bond acceptors (Lipinski definition) is 1. The number of benzene rings is 3. The van der Waals surface area contributed by atoms with Crippen LogP contribution in [0.3, 0.4) is 0 Å². The minimum atomic E-state index is -0.875. The lowest BCUT2D eigenvalue weighted by Gasteiger charge is -2.28. The summed E-state index contributed by atoms with van der Waals surface area (Å²) in [4.78, 5) is 0. The summed E-state index contributed by atoms with van der Waals surface area (Å²) in [5.41, 5.74) is 1.61. The summed E-state index contributed by atoms with van der Waals surface area (Å²) in [5, 5.41) is 10.3. The zero-order chi connectivity index (χ0) is 26.2. The van der Waals surface area contributed by atoms with E-state index in [4.69, 9.17) is 5.26 Å². The molecule has 0 saturated heterocycles. The molecule has 1 saturated carbocycles. The van der Waals surface area contributed by atoms with Gasteiger partial charge in [0.15, 0.2) is 0 Å². The number of rotatable bonds is 11. The first-order valence-corrected chi connectivity index (χ1v) is 14.1. The molecular weight excluding hydrogens is 467 g/mol. The van der Waals surface area contributed by atoms with Crippen LogP contribution in [0.25, 0.3) is 10.8 Å². The van der Waals surface area contributed by atoms with Gasteiger partial charge in [0.05, 0.1) is 0 Å². The van der Waals surface area contributed by atoms with E-state index < -0.39 is 17.2 Å². The van der Waals surface area contributed by atoms with E-state index in [9.17, 15) is 8.78 Å². The third-order valence-corrected chi connectivity index (χ3v) is 8.27. The largest absolute Gasteiger partial charge is 0.206 e. The van der Waals surface area contributed by atoms with Gasteiger partial charge in [-0.25, -0.2) is 13.2 Å². The normalized spacial score (nSPS) is 17.7. The van der Waals surface area contributed by atoms with Crippen molar-refractivity contribution in [2.24, 2.45) is 11.8 Å². The first-order valence-electron chi connectivity index (χ1n) is 14.1. The number of fused-ring (bicyclic) bond motifs is 1. The van der Waals surface area contributed by atoms with Gasteiger partial charge in [0, 0.05) is 5.39 Å². The van der Waals surface area contributed by atoms with Gasteiger partial charge in [-0.15, -0.1) is 0 Å². The van der Waals surface area contributed by atoms with Crippen molar-refractivity contribution in [3.8, 4) is 6.07 Å². The van der Waals surface area contributed by atoms with Gasteiger partial charge < -0.3 is 0 Å². The fourth-order valence-corrected chi connectivity index (χ4v) is 5.93. The van der Waals surface area contributed by atoms with Crippen LogP contribution in [-0.4, -0.2) is 0 Å². The lowest BCUT2D eigenvalue weighted by atomic mass is 9.77. The fourth-order valence-electron chi connectivity index (χ4n) is 5.93. The van der Waals surface area contributed by atoms with Crippen LogP contribution in [0.15, 0.2) is 42.5 Å². The van der Waals surface area contributed by atoms with Crippen LogP contribution in [0.4, 0.5) is 13.2 Å². The van der Waals surface area contributed by atoms with Crippen LogP contribution in [0.1, 0.15) is 93.4 Å². The second kappa shape index (κ2) is 13.1. The zero-order valence-electron chi connectivity index (χ0n) is 22.0. The molecule has 0 heterocycles. The first-order chi connectivity index (χ1) is 18.0. The van der Waals surface area contributed by atoms with E-state index in [1.165, 1.54) is 75.8 Å². The Hall–Kier alpha value is -2.80. The summed E-state index contributed by atoms with van der Waals surface area (Å²) in [6, 6.07) is 13.6. The van der Waals surface area contributed by atoms with Gasteiger partial charge in [-0.3, -0.25) is 0 Å². The fraction of sp³-hybridized carbons (Fsp3) is 0.485. The zero-order valence-corrected chi connectivity index (χ0v) is 22.0. The molecule has 0 amide bonds. The second-order valence-electron chi connectivity index (χ2n) is 10.9. The number of nitriles is 1. The van der Waals surface area contributed by atoms with Crippen LogP contribution < -0.4 is 0 Å². The SMILES string of the molecule is CCCCCCC1CCC(CCc2ccc3c(F)c(CCc4cc(F)c(C#N)c(F)c4)ccc3c2)CC1. The third-order valence-electron chi connectivity index (χ3n) is 8.27. The Bertz CT molecular complexity index is 1210. The number of unbranched alkanes of at least 4 members (excludes halogenated alkanes) is 3. The van der Waals surface area contributed by atoms with Crippen molar-refractivity contribution in [3.05, 3.63) is 82.2 Å². The van der Waals surface area contributed by atoms with Crippen molar-refractivity contribution in [3.63, 3.8) is 0 Å². The standard InChI is InChI=1S/C33H38F3N/c1-2-3-4-5-6-23-7-9-24(10-8-23)11-12-25-14-18-29-28(19-25)17-16-27(33(29)36)15-13-26-20-31(34)30(22-37)32(35)21-26/h14,16-21,23-24H,2-13,15H2,1H3. The predicted octanol–water partition coefficient (Wildman–Crippen LogP) is 9.62. The summed E-state index contributed by atoms with van der Waals surface area (Å²) in [6.45, 7) is 2.27. The molecule has 0 unspecified atom stereocenters. The Morgan fingerprint density at radius 1 is 0.757 bits per heavy atom. The molecule has 4 heteroatoms. The second-order valence-corrected chi connectivity index (χ2v) is 10.9. The van der Waals surface area contributed by atoms with Gasteiger partial charge in [0.1, 0.15) is 29.1 Å². The van der Waals surface area contributed by atoms with Crippen molar-refractivity contribution in [1.82, 2.24) is 0 Å². The molecule has 1 fully saturated rings. The number of nitrogens with zero attached hydrogens (tertiary/aromatic N) is 1. The highest BCUT2D eigenvalue weighted by Crippen LogP contribution is 2.34. The van der Waals surface area contributed by atoms with E-state index in [2.05, 4.69) is 13.0 Å². The number of hydrogen-bond donors (Lipinski definition) is 0. The summed E-state index contributed by atoms with van der Waals surface area (Å²) in [7, 11) is 0. The molecule has 3 aromatic carbocycles. The summed E-state index contributed by atoms with van der Waals surface area (Å²) < 4.78 is 43.0. The summed E-state index contributed by atoms with van der Waals surface area (Å²) in [5.74, 6) is -0.283. The number of halogens is 3. The molecule has 0 aliphatic heterocycles. The molecule has 0 spiro atoms. The monoisotopic (exact) mass is 505 g/mol. The predicted molar refractivity (Wildman–Crippen MR) is 145 cm³/mol. The van der Waals surface area contributed by atoms with Crippen molar-refractivity contribution in [1.29, 1.82) is 5.26 Å². The minimum absolute atomic E-state index is 0.268. The maximum Gasteiger partial charge on any atom is 0.144 e. The van der Waals surface area contributed by atoms with Crippen molar-refractivity contribution >= 4 is 10.8 Å². The van der Waals surface area contributed by atoms with Gasteiger partial charge in [-0.1, -0.05) is 95.0 Å². The maximum absolute atomic E-state index is 15.2. The van der Waals surface area contributed by atoms with Gasteiger partial charge in [0.25, 0.3) is 0 Å². The smallest absolute Gasteiger partial charge is 0.144 e. The lowest BCUT2D eigenvalue weighted by molar-refractivity contribution is 0.249. The van der Waals surface area contributed by atoms with Crippen LogP contribution in [-0.2, 0) is 19.3 Å².